The Labute approximate surface area is 306 Å². The Morgan fingerprint density at radius 3 is 1.66 bits per heavy atom. The van der Waals surface area contributed by atoms with Crippen molar-refractivity contribution in [3.05, 3.63) is 36.5 Å². The Bertz CT molecular complexity index is 959. The average molecular weight is 729 g/mol. The molecule has 0 fully saturated rings. The SMILES string of the molecule is CCCC/C=C/CCCCCCCC(=O)O[C@H](COC(=O)CCCCCCC/C=C/C=C/CCCCCC)COP(=O)(O)OCC[N+](C)(C)C. The molecule has 0 spiro atoms. The van der Waals surface area contributed by atoms with Crippen LogP contribution in [0.5, 0.6) is 0 Å². The van der Waals surface area contributed by atoms with Crippen molar-refractivity contribution < 1.29 is 42.1 Å². The molecule has 0 aliphatic carbocycles. The van der Waals surface area contributed by atoms with E-state index < -0.39 is 26.5 Å². The largest absolute Gasteiger partial charge is 0.472 e. The highest BCUT2D eigenvalue weighted by Crippen LogP contribution is 2.43. The molecule has 0 saturated heterocycles. The summed E-state index contributed by atoms with van der Waals surface area (Å²) in [6.45, 7) is 4.31. The zero-order valence-electron chi connectivity index (χ0n) is 32.6. The van der Waals surface area contributed by atoms with Gasteiger partial charge in [-0.05, 0) is 57.8 Å². The Morgan fingerprint density at radius 2 is 1.10 bits per heavy atom. The summed E-state index contributed by atoms with van der Waals surface area (Å²) in [5.74, 6) is -0.831. The summed E-state index contributed by atoms with van der Waals surface area (Å²) < 4.78 is 34.1. The Balaban J connectivity index is 4.45. The lowest BCUT2D eigenvalue weighted by Crippen LogP contribution is -2.37. The van der Waals surface area contributed by atoms with E-state index in [9.17, 15) is 19.0 Å². The van der Waals surface area contributed by atoms with Gasteiger partial charge in [-0.1, -0.05) is 121 Å². The van der Waals surface area contributed by atoms with E-state index >= 15 is 0 Å². The van der Waals surface area contributed by atoms with Crippen LogP contribution < -0.4 is 0 Å². The molecule has 1 unspecified atom stereocenters. The maximum Gasteiger partial charge on any atom is 0.472 e. The second-order valence-corrected chi connectivity index (χ2v) is 15.8. The van der Waals surface area contributed by atoms with Crippen LogP contribution in [-0.4, -0.2) is 74.9 Å². The molecule has 0 amide bonds. The zero-order chi connectivity index (χ0) is 37.2. The molecule has 0 bridgehead atoms. The van der Waals surface area contributed by atoms with Gasteiger partial charge in [0.05, 0.1) is 27.7 Å². The predicted octanol–water partition coefficient (Wildman–Crippen LogP) is 10.6. The maximum atomic E-state index is 12.6. The van der Waals surface area contributed by atoms with Gasteiger partial charge in [-0.2, -0.15) is 0 Å². The van der Waals surface area contributed by atoms with Gasteiger partial charge in [0.1, 0.15) is 19.8 Å². The number of ether oxygens (including phenoxy) is 2. The van der Waals surface area contributed by atoms with Crippen molar-refractivity contribution in [2.45, 2.75) is 161 Å². The monoisotopic (exact) mass is 729 g/mol. The van der Waals surface area contributed by atoms with Crippen molar-refractivity contribution in [2.24, 2.45) is 0 Å². The molecule has 10 heteroatoms. The first-order valence-corrected chi connectivity index (χ1v) is 21.2. The van der Waals surface area contributed by atoms with Crippen LogP contribution in [-0.2, 0) is 32.7 Å². The summed E-state index contributed by atoms with van der Waals surface area (Å²) in [6, 6.07) is 0. The molecule has 0 saturated carbocycles. The molecular formula is C40H75NO8P+. The van der Waals surface area contributed by atoms with Crippen molar-refractivity contribution in [3.8, 4) is 0 Å². The van der Waals surface area contributed by atoms with E-state index in [2.05, 4.69) is 50.3 Å². The third-order valence-corrected chi connectivity index (χ3v) is 9.15. The van der Waals surface area contributed by atoms with Crippen molar-refractivity contribution in [2.75, 3.05) is 47.5 Å². The lowest BCUT2D eigenvalue weighted by molar-refractivity contribution is -0.870. The molecule has 0 rings (SSSR count). The van der Waals surface area contributed by atoms with Crippen LogP contribution in [0.25, 0.3) is 0 Å². The fourth-order valence-corrected chi connectivity index (χ4v) is 5.73. The number of rotatable bonds is 35. The molecule has 50 heavy (non-hydrogen) atoms. The van der Waals surface area contributed by atoms with Crippen molar-refractivity contribution in [1.29, 1.82) is 0 Å². The number of quaternary nitrogens is 1. The number of nitrogens with zero attached hydrogens (tertiary/aromatic N) is 1. The lowest BCUT2D eigenvalue weighted by atomic mass is 10.1. The van der Waals surface area contributed by atoms with E-state index in [1.54, 1.807) is 0 Å². The van der Waals surface area contributed by atoms with Crippen molar-refractivity contribution in [1.82, 2.24) is 0 Å². The Hall–Kier alpha value is -1.77. The normalized spacial score (nSPS) is 14.1. The van der Waals surface area contributed by atoms with Gasteiger partial charge >= 0.3 is 19.8 Å². The number of hydrogen-bond donors (Lipinski definition) is 1. The molecular weight excluding hydrogens is 653 g/mol. The first-order valence-electron chi connectivity index (χ1n) is 19.7. The Kier molecular flexibility index (Phi) is 31.9. The van der Waals surface area contributed by atoms with Crippen LogP contribution in [0.15, 0.2) is 36.5 Å². The summed E-state index contributed by atoms with van der Waals surface area (Å²) in [7, 11) is 1.46. The van der Waals surface area contributed by atoms with Crippen LogP contribution in [0.1, 0.15) is 155 Å². The number of esters is 2. The first-order chi connectivity index (χ1) is 24.0. The quantitative estimate of drug-likeness (QED) is 0.0172. The Morgan fingerprint density at radius 1 is 0.620 bits per heavy atom. The minimum absolute atomic E-state index is 0.0269. The minimum atomic E-state index is -4.37. The van der Waals surface area contributed by atoms with E-state index in [-0.39, 0.29) is 32.0 Å². The van der Waals surface area contributed by atoms with E-state index in [1.165, 1.54) is 38.5 Å². The number of likely N-dealkylation sites (N-methyl/N-ethyl adjacent to an activating group) is 1. The molecule has 0 heterocycles. The fraction of sp³-hybridized carbons (Fsp3) is 0.800. The third-order valence-electron chi connectivity index (χ3n) is 8.17. The topological polar surface area (TPSA) is 108 Å². The molecule has 0 aromatic carbocycles. The second-order valence-electron chi connectivity index (χ2n) is 14.3. The molecule has 0 radical (unpaired) electrons. The summed E-state index contributed by atoms with van der Waals surface area (Å²) in [4.78, 5) is 35.2. The van der Waals surface area contributed by atoms with E-state index in [1.807, 2.05) is 21.1 Å². The second kappa shape index (κ2) is 33.1. The highest BCUT2D eigenvalue weighted by molar-refractivity contribution is 7.47. The molecule has 0 aromatic heterocycles. The van der Waals surface area contributed by atoms with Gasteiger partial charge in [0, 0.05) is 12.8 Å². The summed E-state index contributed by atoms with van der Waals surface area (Å²) >= 11 is 0. The number of phosphoric ester groups is 1. The number of hydrogen-bond acceptors (Lipinski definition) is 7. The number of unbranched alkanes of at least 4 members (excludes halogenated alkanes) is 16. The fourth-order valence-electron chi connectivity index (χ4n) is 4.98. The van der Waals surface area contributed by atoms with Gasteiger partial charge in [0.15, 0.2) is 6.10 Å². The number of carbonyl (C=O) groups excluding carboxylic acids is 2. The number of carbonyl (C=O) groups is 2. The van der Waals surface area contributed by atoms with Gasteiger partial charge < -0.3 is 18.9 Å². The smallest absolute Gasteiger partial charge is 0.462 e. The van der Waals surface area contributed by atoms with E-state index in [4.69, 9.17) is 18.5 Å². The molecule has 1 N–H and O–H groups in total. The van der Waals surface area contributed by atoms with Crippen molar-refractivity contribution in [3.63, 3.8) is 0 Å². The third kappa shape index (κ3) is 36.0. The van der Waals surface area contributed by atoms with Crippen LogP contribution >= 0.6 is 7.82 Å². The average Bonchev–Trinajstić information content (AvgIpc) is 3.06. The van der Waals surface area contributed by atoms with Gasteiger partial charge in [0.2, 0.25) is 0 Å². The molecule has 0 aliphatic rings. The van der Waals surface area contributed by atoms with E-state index in [0.717, 1.165) is 83.5 Å². The zero-order valence-corrected chi connectivity index (χ0v) is 33.5. The van der Waals surface area contributed by atoms with Crippen LogP contribution in [0.2, 0.25) is 0 Å². The highest BCUT2D eigenvalue weighted by Gasteiger charge is 2.27. The molecule has 2 atom stereocenters. The number of phosphoric acid groups is 1. The standard InChI is InChI=1S/C40H74NO8P/c1-6-8-10-12-14-16-18-19-20-21-23-24-26-28-30-32-39(42)46-36-38(37-48-50(44,45)47-35-34-41(3,4)5)49-40(43)33-31-29-27-25-22-17-15-13-11-9-7-2/h13,15-16,18-20,38H,6-12,14,17,21-37H2,1-5H3/p+1/b15-13+,18-16+,20-19+/t38-/m1/s1. The van der Waals surface area contributed by atoms with Gasteiger partial charge in [-0.15, -0.1) is 0 Å². The van der Waals surface area contributed by atoms with Gasteiger partial charge in [-0.25, -0.2) is 4.57 Å². The molecule has 292 valence electrons. The maximum absolute atomic E-state index is 12.6. The lowest BCUT2D eigenvalue weighted by Gasteiger charge is -2.24. The minimum Gasteiger partial charge on any atom is -0.462 e. The first kappa shape index (κ1) is 48.2. The summed E-state index contributed by atoms with van der Waals surface area (Å²) in [5, 5.41) is 0. The van der Waals surface area contributed by atoms with Crippen LogP contribution in [0, 0.1) is 0 Å². The van der Waals surface area contributed by atoms with Crippen LogP contribution in [0.3, 0.4) is 0 Å². The van der Waals surface area contributed by atoms with Crippen LogP contribution in [0.4, 0.5) is 0 Å². The summed E-state index contributed by atoms with van der Waals surface area (Å²) in [6.07, 6.45) is 34.7. The number of allylic oxidation sites excluding steroid dienone is 6. The summed E-state index contributed by atoms with van der Waals surface area (Å²) in [5.41, 5.74) is 0. The van der Waals surface area contributed by atoms with Gasteiger partial charge in [0.25, 0.3) is 0 Å². The van der Waals surface area contributed by atoms with E-state index in [0.29, 0.717) is 17.4 Å². The highest BCUT2D eigenvalue weighted by atomic mass is 31.2. The molecule has 0 aliphatic heterocycles. The predicted molar refractivity (Wildman–Crippen MR) is 206 cm³/mol. The van der Waals surface area contributed by atoms with Gasteiger partial charge in [-0.3, -0.25) is 18.6 Å². The molecule has 9 nitrogen and oxygen atoms in total. The molecule has 0 aromatic rings. The van der Waals surface area contributed by atoms with Crippen molar-refractivity contribution >= 4 is 19.8 Å².